The Kier molecular flexibility index (Phi) is 4.81. The maximum atomic E-state index is 12.4. The highest BCUT2D eigenvalue weighted by Gasteiger charge is 2.32. The summed E-state index contributed by atoms with van der Waals surface area (Å²) < 4.78 is 0. The van der Waals surface area contributed by atoms with Crippen LogP contribution in [0.25, 0.3) is 0 Å². The van der Waals surface area contributed by atoms with E-state index < -0.39 is 0 Å². The minimum atomic E-state index is 0.0591. The Bertz CT molecular complexity index is 657. The molecule has 1 aliphatic rings. The molecule has 1 amide bonds. The molecular formula is C17H20ClN2OS+. The lowest BCUT2D eigenvalue weighted by Gasteiger charge is -2.20. The molecule has 1 aromatic carbocycles. The fraction of sp³-hybridized carbons (Fsp3) is 0.353. The van der Waals surface area contributed by atoms with Gasteiger partial charge in [-0.1, -0.05) is 23.7 Å². The SMILES string of the molecule is Cc1c(Cl)cccc1NC(=O)C[NH+]1CCC[C@H]1c1cccs1. The second-order valence-corrected chi connectivity index (χ2v) is 7.14. The van der Waals surface area contributed by atoms with Crippen molar-refractivity contribution in [2.24, 2.45) is 0 Å². The summed E-state index contributed by atoms with van der Waals surface area (Å²) in [6, 6.07) is 10.3. The molecule has 2 heterocycles. The molecule has 1 aliphatic heterocycles. The van der Waals surface area contributed by atoms with Crippen LogP contribution in [0.5, 0.6) is 0 Å². The molecule has 0 aliphatic carbocycles. The van der Waals surface area contributed by atoms with E-state index in [4.69, 9.17) is 11.6 Å². The van der Waals surface area contributed by atoms with E-state index in [1.807, 2.05) is 25.1 Å². The van der Waals surface area contributed by atoms with Crippen LogP contribution in [-0.4, -0.2) is 19.0 Å². The Labute approximate surface area is 139 Å². The average Bonchev–Trinajstić information content (AvgIpc) is 3.14. The van der Waals surface area contributed by atoms with Gasteiger partial charge < -0.3 is 10.2 Å². The third-order valence-corrected chi connectivity index (χ3v) is 5.69. The predicted molar refractivity (Wildman–Crippen MR) is 91.8 cm³/mol. The number of carbonyl (C=O) groups is 1. The fourth-order valence-electron chi connectivity index (χ4n) is 3.10. The molecule has 0 bridgehead atoms. The van der Waals surface area contributed by atoms with Crippen LogP contribution in [0.2, 0.25) is 5.02 Å². The number of hydrogen-bond donors (Lipinski definition) is 2. The Morgan fingerprint density at radius 3 is 3.05 bits per heavy atom. The molecule has 3 rings (SSSR count). The van der Waals surface area contributed by atoms with Gasteiger partial charge in [0.15, 0.2) is 6.54 Å². The lowest BCUT2D eigenvalue weighted by molar-refractivity contribution is -0.910. The lowest BCUT2D eigenvalue weighted by atomic mass is 10.2. The maximum Gasteiger partial charge on any atom is 0.279 e. The minimum Gasteiger partial charge on any atom is -0.321 e. The highest BCUT2D eigenvalue weighted by atomic mass is 35.5. The molecular weight excluding hydrogens is 316 g/mol. The number of anilines is 1. The summed E-state index contributed by atoms with van der Waals surface area (Å²) >= 11 is 7.89. The van der Waals surface area contributed by atoms with Crippen LogP contribution in [0.1, 0.15) is 29.3 Å². The summed E-state index contributed by atoms with van der Waals surface area (Å²) in [5.41, 5.74) is 1.73. The van der Waals surface area contributed by atoms with Crippen LogP contribution in [-0.2, 0) is 4.79 Å². The first kappa shape index (κ1) is 15.5. The number of hydrogen-bond acceptors (Lipinski definition) is 2. The van der Waals surface area contributed by atoms with Crippen molar-refractivity contribution in [3.05, 3.63) is 51.2 Å². The van der Waals surface area contributed by atoms with Crippen molar-refractivity contribution in [3.63, 3.8) is 0 Å². The van der Waals surface area contributed by atoms with E-state index in [0.717, 1.165) is 17.8 Å². The standard InChI is InChI=1S/C17H19ClN2OS/c1-12-13(18)5-2-6-14(12)19-17(21)11-20-9-3-7-15(20)16-8-4-10-22-16/h2,4-6,8,10,15H,3,7,9,11H2,1H3,(H,19,21)/p+1/t15-/m0/s1. The zero-order valence-electron chi connectivity index (χ0n) is 12.6. The number of thiophene rings is 1. The number of nitrogens with one attached hydrogen (secondary N) is 2. The van der Waals surface area contributed by atoms with Crippen molar-refractivity contribution in [3.8, 4) is 0 Å². The van der Waals surface area contributed by atoms with E-state index >= 15 is 0 Å². The third kappa shape index (κ3) is 3.35. The summed E-state index contributed by atoms with van der Waals surface area (Å²) in [7, 11) is 0. The van der Waals surface area contributed by atoms with E-state index in [2.05, 4.69) is 22.8 Å². The van der Waals surface area contributed by atoms with Gasteiger partial charge in [0.05, 0.1) is 11.4 Å². The summed E-state index contributed by atoms with van der Waals surface area (Å²) in [6.45, 7) is 3.49. The normalized spacial score (nSPS) is 21.0. The van der Waals surface area contributed by atoms with Crippen molar-refractivity contribution < 1.29 is 9.69 Å². The molecule has 22 heavy (non-hydrogen) atoms. The highest BCUT2D eigenvalue weighted by Crippen LogP contribution is 2.24. The number of amides is 1. The first-order valence-electron chi connectivity index (χ1n) is 7.58. The van der Waals surface area contributed by atoms with E-state index in [1.54, 1.807) is 11.3 Å². The number of carbonyl (C=O) groups excluding carboxylic acids is 1. The fourth-order valence-corrected chi connectivity index (χ4v) is 4.19. The molecule has 1 aromatic heterocycles. The summed E-state index contributed by atoms with van der Waals surface area (Å²) in [4.78, 5) is 15.1. The average molecular weight is 336 g/mol. The van der Waals surface area contributed by atoms with Gasteiger partial charge in [-0.25, -0.2) is 0 Å². The topological polar surface area (TPSA) is 33.5 Å². The van der Waals surface area contributed by atoms with Crippen LogP contribution in [0.3, 0.4) is 0 Å². The van der Waals surface area contributed by atoms with Crippen molar-refractivity contribution >= 4 is 34.5 Å². The van der Waals surface area contributed by atoms with Gasteiger partial charge in [-0.2, -0.15) is 0 Å². The Balaban J connectivity index is 1.65. The molecule has 1 fully saturated rings. The van der Waals surface area contributed by atoms with E-state index in [1.165, 1.54) is 22.6 Å². The minimum absolute atomic E-state index is 0.0591. The second kappa shape index (κ2) is 6.82. The van der Waals surface area contributed by atoms with Gasteiger partial charge in [-0.05, 0) is 36.1 Å². The molecule has 2 aromatic rings. The van der Waals surface area contributed by atoms with Crippen LogP contribution >= 0.6 is 22.9 Å². The number of rotatable bonds is 4. The molecule has 3 nitrogen and oxygen atoms in total. The zero-order chi connectivity index (χ0) is 15.5. The number of benzene rings is 1. The largest absolute Gasteiger partial charge is 0.321 e. The van der Waals surface area contributed by atoms with Gasteiger partial charge in [0.2, 0.25) is 0 Å². The van der Waals surface area contributed by atoms with Crippen LogP contribution in [0.15, 0.2) is 35.7 Å². The smallest absolute Gasteiger partial charge is 0.279 e. The predicted octanol–water partition coefficient (Wildman–Crippen LogP) is 3.07. The van der Waals surface area contributed by atoms with Gasteiger partial charge in [-0.3, -0.25) is 4.79 Å². The first-order valence-corrected chi connectivity index (χ1v) is 8.84. The van der Waals surface area contributed by atoms with Gasteiger partial charge in [-0.15, -0.1) is 11.3 Å². The van der Waals surface area contributed by atoms with Crippen molar-refractivity contribution in [1.82, 2.24) is 0 Å². The van der Waals surface area contributed by atoms with E-state index in [-0.39, 0.29) is 5.91 Å². The quantitative estimate of drug-likeness (QED) is 0.884. The molecule has 0 spiro atoms. The summed E-state index contributed by atoms with van der Waals surface area (Å²) in [6.07, 6.45) is 2.35. The van der Waals surface area contributed by atoms with Crippen molar-refractivity contribution in [2.75, 3.05) is 18.4 Å². The lowest BCUT2D eigenvalue weighted by Crippen LogP contribution is -3.11. The molecule has 2 atom stereocenters. The number of quaternary nitrogens is 1. The van der Waals surface area contributed by atoms with Crippen LogP contribution in [0, 0.1) is 6.92 Å². The Morgan fingerprint density at radius 1 is 1.41 bits per heavy atom. The van der Waals surface area contributed by atoms with E-state index in [0.29, 0.717) is 17.6 Å². The van der Waals surface area contributed by atoms with Crippen molar-refractivity contribution in [2.45, 2.75) is 25.8 Å². The molecule has 1 saturated heterocycles. The molecule has 2 N–H and O–H groups in total. The summed E-state index contributed by atoms with van der Waals surface area (Å²) in [5.74, 6) is 0.0591. The summed E-state index contributed by atoms with van der Waals surface area (Å²) in [5, 5.41) is 5.80. The molecule has 1 unspecified atom stereocenters. The highest BCUT2D eigenvalue weighted by molar-refractivity contribution is 7.10. The molecule has 0 radical (unpaired) electrons. The van der Waals surface area contributed by atoms with Gasteiger partial charge in [0.25, 0.3) is 5.91 Å². The van der Waals surface area contributed by atoms with Crippen LogP contribution < -0.4 is 10.2 Å². The zero-order valence-corrected chi connectivity index (χ0v) is 14.1. The Hall–Kier alpha value is -1.36. The maximum absolute atomic E-state index is 12.4. The molecule has 0 saturated carbocycles. The van der Waals surface area contributed by atoms with E-state index in [9.17, 15) is 4.79 Å². The molecule has 116 valence electrons. The number of halogens is 1. The molecule has 5 heteroatoms. The second-order valence-electron chi connectivity index (χ2n) is 5.76. The van der Waals surface area contributed by atoms with Gasteiger partial charge in [0.1, 0.15) is 6.04 Å². The van der Waals surface area contributed by atoms with Crippen LogP contribution in [0.4, 0.5) is 5.69 Å². The number of likely N-dealkylation sites (tertiary alicyclic amines) is 1. The monoisotopic (exact) mass is 335 g/mol. The third-order valence-electron chi connectivity index (χ3n) is 4.30. The Morgan fingerprint density at radius 2 is 2.27 bits per heavy atom. The van der Waals surface area contributed by atoms with Gasteiger partial charge >= 0.3 is 0 Å². The van der Waals surface area contributed by atoms with Crippen molar-refractivity contribution in [1.29, 1.82) is 0 Å². The first-order chi connectivity index (χ1) is 10.6. The van der Waals surface area contributed by atoms with Gasteiger partial charge in [0, 0.05) is 23.6 Å².